The maximum absolute atomic E-state index is 12.1. The number of nitro groups is 1. The van der Waals surface area contributed by atoms with E-state index in [0.29, 0.717) is 28.7 Å². The quantitative estimate of drug-likeness (QED) is 0.502. The Morgan fingerprint density at radius 1 is 1.26 bits per heavy atom. The average Bonchev–Trinajstić information content (AvgIpc) is 3.15. The molecule has 0 unspecified atom stereocenters. The Morgan fingerprint density at radius 2 is 2.07 bits per heavy atom. The molecule has 3 aromatic rings. The van der Waals surface area contributed by atoms with Crippen molar-refractivity contribution in [3.05, 3.63) is 64.5 Å². The van der Waals surface area contributed by atoms with E-state index in [1.54, 1.807) is 19.2 Å². The molecule has 3 rings (SSSR count). The molecule has 0 atom stereocenters. The Hall–Kier alpha value is -3.75. The highest BCUT2D eigenvalue weighted by Gasteiger charge is 2.14. The zero-order valence-corrected chi connectivity index (χ0v) is 14.4. The van der Waals surface area contributed by atoms with Crippen LogP contribution in [-0.2, 0) is 11.2 Å². The van der Waals surface area contributed by atoms with E-state index in [-0.39, 0.29) is 24.4 Å². The number of benzene rings is 2. The van der Waals surface area contributed by atoms with Crippen LogP contribution in [0.4, 0.5) is 11.4 Å². The second-order valence-corrected chi connectivity index (χ2v) is 5.57. The molecular formula is C18H16N4O5. The van der Waals surface area contributed by atoms with Crippen molar-refractivity contribution in [2.24, 2.45) is 0 Å². The minimum Gasteiger partial charge on any atom is -0.496 e. The van der Waals surface area contributed by atoms with Crippen LogP contribution < -0.4 is 10.1 Å². The number of non-ortho nitro benzene ring substituents is 1. The lowest BCUT2D eigenvalue weighted by Gasteiger charge is -2.04. The minimum absolute atomic E-state index is 0.0915. The van der Waals surface area contributed by atoms with Crippen LogP contribution in [0, 0.1) is 10.1 Å². The van der Waals surface area contributed by atoms with Crippen LogP contribution >= 0.6 is 0 Å². The summed E-state index contributed by atoms with van der Waals surface area (Å²) < 4.78 is 10.5. The molecule has 2 aromatic carbocycles. The van der Waals surface area contributed by atoms with E-state index >= 15 is 0 Å². The van der Waals surface area contributed by atoms with E-state index in [9.17, 15) is 14.9 Å². The maximum atomic E-state index is 12.1. The van der Waals surface area contributed by atoms with Crippen LogP contribution in [0.1, 0.15) is 12.3 Å². The Kier molecular flexibility index (Phi) is 5.41. The van der Waals surface area contributed by atoms with E-state index in [4.69, 9.17) is 9.26 Å². The Morgan fingerprint density at radius 3 is 2.85 bits per heavy atom. The molecule has 0 spiro atoms. The Bertz CT molecular complexity index is 970. The monoisotopic (exact) mass is 368 g/mol. The molecule has 0 radical (unpaired) electrons. The largest absolute Gasteiger partial charge is 0.496 e. The molecule has 138 valence electrons. The number of ether oxygens (including phenoxy) is 1. The van der Waals surface area contributed by atoms with Gasteiger partial charge in [-0.3, -0.25) is 14.9 Å². The molecule has 9 heteroatoms. The van der Waals surface area contributed by atoms with Gasteiger partial charge in [-0.05, 0) is 18.2 Å². The third kappa shape index (κ3) is 4.46. The van der Waals surface area contributed by atoms with Crippen LogP contribution in [0.2, 0.25) is 0 Å². The van der Waals surface area contributed by atoms with E-state index in [2.05, 4.69) is 15.5 Å². The van der Waals surface area contributed by atoms with Crippen LogP contribution in [-0.4, -0.2) is 28.1 Å². The van der Waals surface area contributed by atoms with Crippen molar-refractivity contribution in [2.75, 3.05) is 12.4 Å². The van der Waals surface area contributed by atoms with Gasteiger partial charge in [-0.2, -0.15) is 4.98 Å². The van der Waals surface area contributed by atoms with Crippen LogP contribution in [0.25, 0.3) is 11.4 Å². The van der Waals surface area contributed by atoms with Gasteiger partial charge < -0.3 is 14.6 Å². The molecule has 0 bridgehead atoms. The molecule has 27 heavy (non-hydrogen) atoms. The SMILES string of the molecule is COc1ccccc1-c1noc(CCC(=O)Nc2cccc([N+](=O)[O-])c2)n1. The standard InChI is InChI=1S/C18H16N4O5/c1-26-15-8-3-2-7-14(15)18-20-17(27-21-18)10-9-16(23)19-12-5-4-6-13(11-12)22(24)25/h2-8,11H,9-10H2,1H3,(H,19,23). The number of carbonyl (C=O) groups excluding carboxylic acids is 1. The lowest BCUT2D eigenvalue weighted by Crippen LogP contribution is -2.12. The summed E-state index contributed by atoms with van der Waals surface area (Å²) in [6.07, 6.45) is 0.332. The van der Waals surface area contributed by atoms with Crippen molar-refractivity contribution in [3.8, 4) is 17.1 Å². The molecule has 1 heterocycles. The highest BCUT2D eigenvalue weighted by Crippen LogP contribution is 2.27. The van der Waals surface area contributed by atoms with E-state index in [0.717, 1.165) is 0 Å². The predicted molar refractivity (Wildman–Crippen MR) is 96.3 cm³/mol. The number of nitrogens with one attached hydrogen (secondary N) is 1. The van der Waals surface area contributed by atoms with Crippen molar-refractivity contribution < 1.29 is 19.0 Å². The Balaban J connectivity index is 1.61. The summed E-state index contributed by atoms with van der Waals surface area (Å²) in [6, 6.07) is 13.0. The minimum atomic E-state index is -0.520. The van der Waals surface area contributed by atoms with Gasteiger partial charge in [-0.15, -0.1) is 0 Å². The summed E-state index contributed by atoms with van der Waals surface area (Å²) in [6.45, 7) is 0. The van der Waals surface area contributed by atoms with E-state index in [1.807, 2.05) is 18.2 Å². The third-order valence-electron chi connectivity index (χ3n) is 3.72. The summed E-state index contributed by atoms with van der Waals surface area (Å²) in [4.78, 5) is 26.6. The second-order valence-electron chi connectivity index (χ2n) is 5.57. The van der Waals surface area contributed by atoms with Gasteiger partial charge >= 0.3 is 0 Å². The van der Waals surface area contributed by atoms with Gasteiger partial charge in [0.25, 0.3) is 5.69 Å². The fraction of sp³-hybridized carbons (Fsp3) is 0.167. The second kappa shape index (κ2) is 8.09. The van der Waals surface area contributed by atoms with Gasteiger partial charge in [0.1, 0.15) is 5.75 Å². The fourth-order valence-electron chi connectivity index (χ4n) is 2.44. The summed E-state index contributed by atoms with van der Waals surface area (Å²) in [5.41, 5.74) is 0.955. The molecule has 1 N–H and O–H groups in total. The van der Waals surface area contributed by atoms with Gasteiger partial charge in [-0.25, -0.2) is 0 Å². The zero-order chi connectivity index (χ0) is 19.2. The highest BCUT2D eigenvalue weighted by atomic mass is 16.6. The zero-order valence-electron chi connectivity index (χ0n) is 14.4. The lowest BCUT2D eigenvalue weighted by atomic mass is 10.2. The van der Waals surface area contributed by atoms with Gasteiger partial charge in [0.15, 0.2) is 0 Å². The summed E-state index contributed by atoms with van der Waals surface area (Å²) in [7, 11) is 1.55. The Labute approximate surface area is 154 Å². The first kappa shape index (κ1) is 18.1. The van der Waals surface area contributed by atoms with Gasteiger partial charge in [0, 0.05) is 30.7 Å². The number of amides is 1. The van der Waals surface area contributed by atoms with E-state index in [1.165, 1.54) is 18.2 Å². The molecule has 9 nitrogen and oxygen atoms in total. The molecule has 0 saturated carbocycles. The van der Waals surface area contributed by atoms with Crippen LogP contribution in [0.15, 0.2) is 53.1 Å². The van der Waals surface area contributed by atoms with E-state index < -0.39 is 4.92 Å². The average molecular weight is 368 g/mol. The number of nitrogens with zero attached hydrogens (tertiary/aromatic N) is 3. The number of rotatable bonds is 7. The number of para-hydroxylation sites is 1. The number of aryl methyl sites for hydroxylation is 1. The number of carbonyl (C=O) groups is 1. The van der Waals surface area contributed by atoms with Gasteiger partial charge in [0.05, 0.1) is 17.6 Å². The maximum Gasteiger partial charge on any atom is 0.271 e. The topological polar surface area (TPSA) is 120 Å². The first-order chi connectivity index (χ1) is 13.1. The molecule has 1 aromatic heterocycles. The van der Waals surface area contributed by atoms with Crippen LogP contribution in [0.3, 0.4) is 0 Å². The van der Waals surface area contributed by atoms with Crippen molar-refractivity contribution in [1.29, 1.82) is 0 Å². The first-order valence-corrected chi connectivity index (χ1v) is 8.07. The van der Waals surface area contributed by atoms with Crippen molar-refractivity contribution in [1.82, 2.24) is 10.1 Å². The van der Waals surface area contributed by atoms with Crippen molar-refractivity contribution in [2.45, 2.75) is 12.8 Å². The first-order valence-electron chi connectivity index (χ1n) is 8.07. The summed E-state index contributed by atoms with van der Waals surface area (Å²) in [5.74, 6) is 0.993. The van der Waals surface area contributed by atoms with Crippen molar-refractivity contribution in [3.63, 3.8) is 0 Å². The summed E-state index contributed by atoms with van der Waals surface area (Å²) in [5, 5.41) is 17.3. The smallest absolute Gasteiger partial charge is 0.271 e. The molecular weight excluding hydrogens is 352 g/mol. The summed E-state index contributed by atoms with van der Waals surface area (Å²) >= 11 is 0. The highest BCUT2D eigenvalue weighted by molar-refractivity contribution is 5.91. The van der Waals surface area contributed by atoms with Gasteiger partial charge in [-0.1, -0.05) is 23.4 Å². The normalized spacial score (nSPS) is 10.4. The van der Waals surface area contributed by atoms with Gasteiger partial charge in [0.2, 0.25) is 17.6 Å². The van der Waals surface area contributed by atoms with Crippen LogP contribution in [0.5, 0.6) is 5.75 Å². The number of nitro benzene ring substituents is 1. The molecule has 1 amide bonds. The lowest BCUT2D eigenvalue weighted by molar-refractivity contribution is -0.384. The molecule has 0 fully saturated rings. The molecule has 0 aliphatic rings. The molecule has 0 saturated heterocycles. The number of hydrogen-bond donors (Lipinski definition) is 1. The number of methoxy groups -OCH3 is 1. The molecule has 0 aliphatic heterocycles. The number of aromatic nitrogens is 2. The number of anilines is 1. The third-order valence-corrected chi connectivity index (χ3v) is 3.72. The fourth-order valence-corrected chi connectivity index (χ4v) is 2.44. The number of hydrogen-bond acceptors (Lipinski definition) is 7. The molecule has 0 aliphatic carbocycles. The van der Waals surface area contributed by atoms with Crippen molar-refractivity contribution >= 4 is 17.3 Å². The predicted octanol–water partition coefficient (Wildman–Crippen LogP) is 3.22.